The molecule has 0 spiro atoms. The van der Waals surface area contributed by atoms with Gasteiger partial charge in [-0.2, -0.15) is 0 Å². The van der Waals surface area contributed by atoms with Crippen LogP contribution in [0.3, 0.4) is 0 Å². The number of piperazine rings is 1. The standard InChI is InChI=1S/C27H28N4OS/c1-30-12-14-31(15-13-30)18-20-6-4-9-22(16-20)27-28-23(19-33-27)17-26(32)29-25-11-5-8-21-7-2-3-10-24(21)25/h2-11,16,19H,12-15,17-18H2,1H3,(H,29,32). The topological polar surface area (TPSA) is 48.5 Å². The van der Waals surface area contributed by atoms with Gasteiger partial charge in [0.2, 0.25) is 5.91 Å². The molecule has 33 heavy (non-hydrogen) atoms. The van der Waals surface area contributed by atoms with Gasteiger partial charge in [0.05, 0.1) is 12.1 Å². The summed E-state index contributed by atoms with van der Waals surface area (Å²) in [4.78, 5) is 22.4. The fraction of sp³-hybridized carbons (Fsp3) is 0.259. The zero-order valence-electron chi connectivity index (χ0n) is 18.8. The number of nitrogens with zero attached hydrogens (tertiary/aromatic N) is 3. The number of hydrogen-bond acceptors (Lipinski definition) is 5. The Morgan fingerprint density at radius 3 is 2.67 bits per heavy atom. The largest absolute Gasteiger partial charge is 0.325 e. The van der Waals surface area contributed by atoms with Crippen molar-refractivity contribution in [1.29, 1.82) is 0 Å². The Labute approximate surface area is 198 Å². The number of aromatic nitrogens is 1. The SMILES string of the molecule is CN1CCN(Cc2cccc(-c3nc(CC(=O)Nc4cccc5ccccc45)cs3)c2)CC1. The van der Waals surface area contributed by atoms with Crippen molar-refractivity contribution in [3.8, 4) is 10.6 Å². The van der Waals surface area contributed by atoms with Gasteiger partial charge in [0.15, 0.2) is 0 Å². The lowest BCUT2D eigenvalue weighted by atomic mass is 10.1. The van der Waals surface area contributed by atoms with Gasteiger partial charge in [0.1, 0.15) is 5.01 Å². The number of benzene rings is 3. The monoisotopic (exact) mass is 456 g/mol. The molecule has 0 atom stereocenters. The molecular formula is C27H28N4OS. The van der Waals surface area contributed by atoms with Crippen LogP contribution in [0.15, 0.2) is 72.1 Å². The highest BCUT2D eigenvalue weighted by atomic mass is 32.1. The van der Waals surface area contributed by atoms with Crippen LogP contribution in [-0.4, -0.2) is 53.9 Å². The van der Waals surface area contributed by atoms with E-state index in [1.807, 2.05) is 35.7 Å². The molecule has 1 fully saturated rings. The van der Waals surface area contributed by atoms with Gasteiger partial charge in [-0.3, -0.25) is 9.69 Å². The molecule has 0 aliphatic carbocycles. The molecular weight excluding hydrogens is 428 g/mol. The predicted molar refractivity (Wildman–Crippen MR) is 137 cm³/mol. The van der Waals surface area contributed by atoms with Gasteiger partial charge in [-0.1, -0.05) is 54.6 Å². The summed E-state index contributed by atoms with van der Waals surface area (Å²) >= 11 is 1.60. The second kappa shape index (κ2) is 9.83. The van der Waals surface area contributed by atoms with Gasteiger partial charge < -0.3 is 10.2 Å². The first-order chi connectivity index (χ1) is 16.1. The van der Waals surface area contributed by atoms with Crippen molar-refractivity contribution in [3.05, 3.63) is 83.4 Å². The van der Waals surface area contributed by atoms with Crippen molar-refractivity contribution in [2.75, 3.05) is 38.5 Å². The third-order valence-corrected chi connectivity index (χ3v) is 7.07. The number of likely N-dealkylation sites (N-methyl/N-ethyl adjacent to an activating group) is 1. The van der Waals surface area contributed by atoms with Gasteiger partial charge in [-0.05, 0) is 30.1 Å². The highest BCUT2D eigenvalue weighted by Gasteiger charge is 2.15. The van der Waals surface area contributed by atoms with Crippen LogP contribution < -0.4 is 5.32 Å². The van der Waals surface area contributed by atoms with Crippen LogP contribution in [0, 0.1) is 0 Å². The van der Waals surface area contributed by atoms with Gasteiger partial charge in [-0.25, -0.2) is 4.98 Å². The summed E-state index contributed by atoms with van der Waals surface area (Å²) < 4.78 is 0. The second-order valence-corrected chi connectivity index (χ2v) is 9.53. The van der Waals surface area contributed by atoms with E-state index in [0.29, 0.717) is 0 Å². The normalized spacial score (nSPS) is 15.1. The van der Waals surface area contributed by atoms with Crippen LogP contribution in [0.25, 0.3) is 21.3 Å². The van der Waals surface area contributed by atoms with Crippen LogP contribution in [0.1, 0.15) is 11.3 Å². The Bertz CT molecular complexity index is 1250. The number of carbonyl (C=O) groups is 1. The molecule has 6 heteroatoms. The maximum atomic E-state index is 12.7. The molecule has 0 radical (unpaired) electrons. The molecule has 5 rings (SSSR count). The Balaban J connectivity index is 1.24. The van der Waals surface area contributed by atoms with Crippen molar-refractivity contribution in [2.24, 2.45) is 0 Å². The third kappa shape index (κ3) is 5.30. The summed E-state index contributed by atoms with van der Waals surface area (Å²) in [6, 6.07) is 22.7. The van der Waals surface area contributed by atoms with Gasteiger partial charge >= 0.3 is 0 Å². The summed E-state index contributed by atoms with van der Waals surface area (Å²) in [6.07, 6.45) is 0.265. The molecule has 1 saturated heterocycles. The number of anilines is 1. The van der Waals surface area contributed by atoms with E-state index in [9.17, 15) is 4.79 Å². The first-order valence-electron chi connectivity index (χ1n) is 11.4. The van der Waals surface area contributed by atoms with E-state index < -0.39 is 0 Å². The van der Waals surface area contributed by atoms with Gasteiger partial charge in [0.25, 0.3) is 0 Å². The molecule has 0 bridgehead atoms. The molecule has 2 heterocycles. The highest BCUT2D eigenvalue weighted by molar-refractivity contribution is 7.13. The molecule has 0 unspecified atom stereocenters. The van der Waals surface area contributed by atoms with E-state index in [1.165, 1.54) is 5.56 Å². The maximum absolute atomic E-state index is 12.7. The smallest absolute Gasteiger partial charge is 0.230 e. The summed E-state index contributed by atoms with van der Waals surface area (Å²) in [5.41, 5.74) is 4.07. The number of rotatable bonds is 6. The Morgan fingerprint density at radius 2 is 1.79 bits per heavy atom. The van der Waals surface area contributed by atoms with Crippen molar-refractivity contribution in [3.63, 3.8) is 0 Å². The average Bonchev–Trinajstić information content (AvgIpc) is 3.29. The van der Waals surface area contributed by atoms with Crippen LogP contribution in [-0.2, 0) is 17.8 Å². The number of thiazole rings is 1. The Hall–Kier alpha value is -3.06. The Morgan fingerprint density at radius 1 is 1.00 bits per heavy atom. The van der Waals surface area contributed by atoms with Crippen molar-refractivity contribution in [2.45, 2.75) is 13.0 Å². The molecule has 1 amide bonds. The van der Waals surface area contributed by atoms with Crippen molar-refractivity contribution >= 4 is 33.7 Å². The lowest BCUT2D eigenvalue weighted by Gasteiger charge is -2.32. The third-order valence-electron chi connectivity index (χ3n) is 6.13. The predicted octanol–water partition coefficient (Wildman–Crippen LogP) is 4.89. The minimum Gasteiger partial charge on any atom is -0.325 e. The first kappa shape index (κ1) is 21.8. The molecule has 1 aliphatic rings. The quantitative estimate of drug-likeness (QED) is 0.449. The van der Waals surface area contributed by atoms with Crippen LogP contribution in [0.2, 0.25) is 0 Å². The number of fused-ring (bicyclic) bond motifs is 1. The summed E-state index contributed by atoms with van der Waals surface area (Å²) in [7, 11) is 2.18. The molecule has 168 valence electrons. The minimum atomic E-state index is -0.0491. The van der Waals surface area contributed by atoms with Gasteiger partial charge in [0, 0.05) is 54.7 Å². The van der Waals surface area contributed by atoms with Crippen LogP contribution in [0.5, 0.6) is 0 Å². The van der Waals surface area contributed by atoms with E-state index in [4.69, 9.17) is 4.98 Å². The summed E-state index contributed by atoms with van der Waals surface area (Å²) in [5, 5.41) is 8.17. The minimum absolute atomic E-state index is 0.0491. The zero-order chi connectivity index (χ0) is 22.6. The van der Waals surface area contributed by atoms with Crippen molar-refractivity contribution in [1.82, 2.24) is 14.8 Å². The first-order valence-corrected chi connectivity index (χ1v) is 12.2. The molecule has 1 aromatic heterocycles. The molecule has 3 aromatic carbocycles. The average molecular weight is 457 g/mol. The second-order valence-electron chi connectivity index (χ2n) is 8.68. The number of hydrogen-bond donors (Lipinski definition) is 1. The van der Waals surface area contributed by atoms with E-state index in [2.05, 4.69) is 58.6 Å². The summed E-state index contributed by atoms with van der Waals surface area (Å²) in [5.74, 6) is -0.0491. The lowest BCUT2D eigenvalue weighted by Crippen LogP contribution is -2.43. The lowest BCUT2D eigenvalue weighted by molar-refractivity contribution is -0.115. The molecule has 0 saturated carbocycles. The van der Waals surface area contributed by atoms with E-state index in [1.54, 1.807) is 11.3 Å². The van der Waals surface area contributed by atoms with E-state index >= 15 is 0 Å². The van der Waals surface area contributed by atoms with Crippen LogP contribution >= 0.6 is 11.3 Å². The number of carbonyl (C=O) groups excluding carboxylic acids is 1. The zero-order valence-corrected chi connectivity index (χ0v) is 19.6. The van der Waals surface area contributed by atoms with E-state index in [-0.39, 0.29) is 12.3 Å². The van der Waals surface area contributed by atoms with Crippen molar-refractivity contribution < 1.29 is 4.79 Å². The van der Waals surface area contributed by atoms with Gasteiger partial charge in [-0.15, -0.1) is 11.3 Å². The number of amides is 1. The molecule has 5 nitrogen and oxygen atoms in total. The molecule has 4 aromatic rings. The maximum Gasteiger partial charge on any atom is 0.230 e. The fourth-order valence-electron chi connectivity index (χ4n) is 4.28. The van der Waals surface area contributed by atoms with E-state index in [0.717, 1.165) is 65.4 Å². The summed E-state index contributed by atoms with van der Waals surface area (Å²) in [6.45, 7) is 5.42. The molecule has 1 N–H and O–H groups in total. The van der Waals surface area contributed by atoms with Crippen LogP contribution in [0.4, 0.5) is 5.69 Å². The Kier molecular flexibility index (Phi) is 6.48. The highest BCUT2D eigenvalue weighted by Crippen LogP contribution is 2.26. The fourth-order valence-corrected chi connectivity index (χ4v) is 5.10. The molecule has 1 aliphatic heterocycles. The number of nitrogens with one attached hydrogen (secondary N) is 1.